The SMILES string of the molecule is C#CCN(Cc1ccc(/C=C/C(=O)OC)cc1)C(=O)Cc1ccc2nc(Nc3ccccc3C)oc2c1. The van der Waals surface area contributed by atoms with Crippen LogP contribution in [-0.2, 0) is 27.3 Å². The fourth-order valence-corrected chi connectivity index (χ4v) is 3.78. The van der Waals surface area contributed by atoms with Crippen LogP contribution in [0.25, 0.3) is 17.2 Å². The number of rotatable bonds is 9. The molecule has 0 bridgehead atoms. The summed E-state index contributed by atoms with van der Waals surface area (Å²) in [6.07, 6.45) is 8.75. The molecule has 1 aromatic heterocycles. The number of aromatic nitrogens is 1. The molecule has 7 nitrogen and oxygen atoms in total. The van der Waals surface area contributed by atoms with Gasteiger partial charge < -0.3 is 19.4 Å². The van der Waals surface area contributed by atoms with Crippen molar-refractivity contribution in [3.63, 3.8) is 0 Å². The second-order valence-electron chi connectivity index (χ2n) is 8.49. The second kappa shape index (κ2) is 11.7. The summed E-state index contributed by atoms with van der Waals surface area (Å²) in [5.41, 5.74) is 5.88. The molecule has 0 unspecified atom stereocenters. The Morgan fingerprint density at radius 3 is 2.59 bits per heavy atom. The molecule has 7 heteroatoms. The molecule has 0 aliphatic heterocycles. The summed E-state index contributed by atoms with van der Waals surface area (Å²) in [4.78, 5) is 30.5. The van der Waals surface area contributed by atoms with Crippen molar-refractivity contribution in [2.24, 2.45) is 0 Å². The lowest BCUT2D eigenvalue weighted by molar-refractivity contribution is -0.134. The van der Waals surface area contributed by atoms with Gasteiger partial charge >= 0.3 is 5.97 Å². The Kier molecular flexibility index (Phi) is 8.01. The Labute approximate surface area is 215 Å². The van der Waals surface area contributed by atoms with E-state index in [1.165, 1.54) is 13.2 Å². The van der Waals surface area contributed by atoms with Crippen molar-refractivity contribution in [3.8, 4) is 12.3 Å². The van der Waals surface area contributed by atoms with Gasteiger partial charge in [0, 0.05) is 18.3 Å². The number of carbonyl (C=O) groups is 2. The van der Waals surface area contributed by atoms with E-state index in [-0.39, 0.29) is 18.9 Å². The fourth-order valence-electron chi connectivity index (χ4n) is 3.78. The second-order valence-corrected chi connectivity index (χ2v) is 8.49. The fraction of sp³-hybridized carbons (Fsp3) is 0.167. The number of anilines is 2. The van der Waals surface area contributed by atoms with Crippen molar-refractivity contribution in [1.82, 2.24) is 9.88 Å². The lowest BCUT2D eigenvalue weighted by atomic mass is 10.1. The smallest absolute Gasteiger partial charge is 0.330 e. The average molecular weight is 494 g/mol. The summed E-state index contributed by atoms with van der Waals surface area (Å²) in [7, 11) is 1.33. The minimum absolute atomic E-state index is 0.0928. The van der Waals surface area contributed by atoms with Crippen molar-refractivity contribution < 1.29 is 18.7 Å². The van der Waals surface area contributed by atoms with Crippen molar-refractivity contribution in [2.45, 2.75) is 19.9 Å². The first-order chi connectivity index (χ1) is 17.9. The number of terminal acetylenes is 1. The Balaban J connectivity index is 1.43. The van der Waals surface area contributed by atoms with E-state index in [1.807, 2.05) is 73.7 Å². The van der Waals surface area contributed by atoms with Gasteiger partial charge in [-0.25, -0.2) is 4.79 Å². The van der Waals surface area contributed by atoms with Gasteiger partial charge in [0.1, 0.15) is 5.52 Å². The molecule has 4 aromatic rings. The molecule has 1 heterocycles. The predicted octanol–water partition coefficient (Wildman–Crippen LogP) is 5.27. The molecular formula is C30H27N3O4. The maximum absolute atomic E-state index is 13.1. The average Bonchev–Trinajstić information content (AvgIpc) is 3.30. The molecule has 0 radical (unpaired) electrons. The minimum atomic E-state index is -0.419. The van der Waals surface area contributed by atoms with Crippen LogP contribution in [0.5, 0.6) is 0 Å². The molecule has 0 spiro atoms. The van der Waals surface area contributed by atoms with Crippen LogP contribution in [0.4, 0.5) is 11.7 Å². The first-order valence-electron chi connectivity index (χ1n) is 11.7. The number of hydrogen-bond acceptors (Lipinski definition) is 6. The normalized spacial score (nSPS) is 10.8. The van der Waals surface area contributed by atoms with Gasteiger partial charge in [0.15, 0.2) is 5.58 Å². The topological polar surface area (TPSA) is 84.7 Å². The predicted molar refractivity (Wildman–Crippen MR) is 144 cm³/mol. The number of hydrogen-bond donors (Lipinski definition) is 1. The van der Waals surface area contributed by atoms with Crippen LogP contribution < -0.4 is 5.32 Å². The van der Waals surface area contributed by atoms with Crippen LogP contribution in [0.3, 0.4) is 0 Å². The summed E-state index contributed by atoms with van der Waals surface area (Å²) < 4.78 is 10.5. The van der Waals surface area contributed by atoms with E-state index >= 15 is 0 Å². The van der Waals surface area contributed by atoms with E-state index in [4.69, 9.17) is 10.8 Å². The first-order valence-corrected chi connectivity index (χ1v) is 11.7. The highest BCUT2D eigenvalue weighted by Crippen LogP contribution is 2.25. The summed E-state index contributed by atoms with van der Waals surface area (Å²) in [5, 5.41) is 3.20. The van der Waals surface area contributed by atoms with Gasteiger partial charge in [-0.2, -0.15) is 4.98 Å². The van der Waals surface area contributed by atoms with Gasteiger partial charge in [-0.05, 0) is 53.5 Å². The van der Waals surface area contributed by atoms with Gasteiger partial charge in [0.25, 0.3) is 6.01 Å². The third kappa shape index (κ3) is 6.65. The summed E-state index contributed by atoms with van der Waals surface area (Å²) in [6.45, 7) is 2.57. The molecule has 0 saturated carbocycles. The van der Waals surface area contributed by atoms with Crippen molar-refractivity contribution >= 4 is 40.8 Å². The summed E-state index contributed by atoms with van der Waals surface area (Å²) in [5.74, 6) is 2.06. The Morgan fingerprint density at radius 2 is 1.86 bits per heavy atom. The van der Waals surface area contributed by atoms with E-state index in [1.54, 1.807) is 11.0 Å². The number of esters is 1. The molecule has 0 atom stereocenters. The lowest BCUT2D eigenvalue weighted by Crippen LogP contribution is -2.32. The number of nitrogens with zero attached hydrogens (tertiary/aromatic N) is 2. The number of aryl methyl sites for hydroxylation is 1. The number of para-hydroxylation sites is 1. The zero-order valence-corrected chi connectivity index (χ0v) is 20.7. The van der Waals surface area contributed by atoms with Gasteiger partial charge in [-0.3, -0.25) is 4.79 Å². The number of methoxy groups -OCH3 is 1. The molecule has 37 heavy (non-hydrogen) atoms. The monoisotopic (exact) mass is 493 g/mol. The van der Waals surface area contributed by atoms with Crippen LogP contribution in [-0.4, -0.2) is 35.4 Å². The number of carbonyl (C=O) groups excluding carboxylic acids is 2. The Morgan fingerprint density at radius 1 is 1.11 bits per heavy atom. The maximum atomic E-state index is 13.1. The van der Waals surface area contributed by atoms with Gasteiger partial charge in [-0.1, -0.05) is 54.5 Å². The van der Waals surface area contributed by atoms with E-state index in [0.29, 0.717) is 23.7 Å². The number of amides is 1. The summed E-state index contributed by atoms with van der Waals surface area (Å²) >= 11 is 0. The third-order valence-corrected chi connectivity index (χ3v) is 5.80. The van der Waals surface area contributed by atoms with Crippen molar-refractivity contribution in [1.29, 1.82) is 0 Å². The highest BCUT2D eigenvalue weighted by atomic mass is 16.5. The van der Waals surface area contributed by atoms with Crippen molar-refractivity contribution in [2.75, 3.05) is 19.0 Å². The van der Waals surface area contributed by atoms with Crippen LogP contribution >= 0.6 is 0 Å². The molecule has 0 fully saturated rings. The van der Waals surface area contributed by atoms with Gasteiger partial charge in [-0.15, -0.1) is 6.42 Å². The molecule has 0 aliphatic rings. The van der Waals surface area contributed by atoms with Crippen LogP contribution in [0.15, 0.2) is 77.2 Å². The molecular weight excluding hydrogens is 466 g/mol. The van der Waals surface area contributed by atoms with E-state index < -0.39 is 5.97 Å². The van der Waals surface area contributed by atoms with Gasteiger partial charge in [0.2, 0.25) is 5.91 Å². The molecule has 186 valence electrons. The van der Waals surface area contributed by atoms with Crippen LogP contribution in [0, 0.1) is 19.3 Å². The molecule has 0 saturated heterocycles. The molecule has 4 rings (SSSR count). The number of ether oxygens (including phenoxy) is 1. The summed E-state index contributed by atoms with van der Waals surface area (Å²) in [6, 6.07) is 21.4. The maximum Gasteiger partial charge on any atom is 0.330 e. The van der Waals surface area contributed by atoms with Crippen LogP contribution in [0.2, 0.25) is 0 Å². The molecule has 1 N–H and O–H groups in total. The number of nitrogens with one attached hydrogen (secondary N) is 1. The van der Waals surface area contributed by atoms with E-state index in [9.17, 15) is 9.59 Å². The Hall–Kier alpha value is -4.83. The number of fused-ring (bicyclic) bond motifs is 1. The van der Waals surface area contributed by atoms with Crippen molar-refractivity contribution in [3.05, 3.63) is 95.1 Å². The number of benzene rings is 3. The Bertz CT molecular complexity index is 1480. The molecule has 0 aliphatic carbocycles. The van der Waals surface area contributed by atoms with E-state index in [0.717, 1.165) is 27.9 Å². The number of oxazole rings is 1. The quantitative estimate of drug-likeness (QED) is 0.194. The zero-order chi connectivity index (χ0) is 26.2. The highest BCUT2D eigenvalue weighted by molar-refractivity contribution is 5.87. The van der Waals surface area contributed by atoms with E-state index in [2.05, 4.69) is 21.0 Å². The lowest BCUT2D eigenvalue weighted by Gasteiger charge is -2.20. The van der Waals surface area contributed by atoms with Crippen LogP contribution in [0.1, 0.15) is 22.3 Å². The molecule has 1 amide bonds. The largest absolute Gasteiger partial charge is 0.466 e. The first kappa shape index (κ1) is 25.3. The molecule has 3 aromatic carbocycles. The standard InChI is InChI=1S/C30H27N3O4/c1-4-17-33(20-23-11-9-22(10-12-23)14-16-29(35)36-3)28(34)19-24-13-15-26-27(18-24)37-30(32-26)31-25-8-6-5-7-21(25)2/h1,5-16,18H,17,19-20H2,2-3H3,(H,31,32)/b16-14+. The minimum Gasteiger partial charge on any atom is -0.466 e. The van der Waals surface area contributed by atoms with Gasteiger partial charge in [0.05, 0.1) is 20.1 Å². The third-order valence-electron chi connectivity index (χ3n) is 5.80. The zero-order valence-electron chi connectivity index (χ0n) is 20.7. The highest BCUT2D eigenvalue weighted by Gasteiger charge is 2.15.